The van der Waals surface area contributed by atoms with Gasteiger partial charge in [-0.2, -0.15) is 0 Å². The summed E-state index contributed by atoms with van der Waals surface area (Å²) in [5.41, 5.74) is 0.319. The molecule has 0 amide bonds. The summed E-state index contributed by atoms with van der Waals surface area (Å²) in [5, 5.41) is 0. The second-order valence-corrected chi connectivity index (χ2v) is 6.73. The van der Waals surface area contributed by atoms with E-state index >= 15 is 0 Å². The lowest BCUT2D eigenvalue weighted by molar-refractivity contribution is -0.199. The molecule has 0 aromatic heterocycles. The molecule has 4 aliphatic rings. The van der Waals surface area contributed by atoms with Crippen molar-refractivity contribution in [2.75, 3.05) is 5.88 Å². The maximum absolute atomic E-state index is 6.17. The molecule has 94 valence electrons. The van der Waals surface area contributed by atoms with E-state index in [-0.39, 0.29) is 18.8 Å². The normalized spacial score (nSPS) is 47.1. The molecule has 0 aromatic rings. The Kier molecular flexibility index (Phi) is 2.66. The zero-order valence-electron chi connectivity index (χ0n) is 10.8. The minimum atomic E-state index is -0.195. The highest BCUT2D eigenvalue weighted by Gasteiger charge is 2.67. The van der Waals surface area contributed by atoms with Crippen molar-refractivity contribution in [2.24, 2.45) is 17.3 Å². The first-order valence-electron chi connectivity index (χ1n) is 6.54. The molecule has 0 N–H and O–H groups in total. The molecule has 0 unspecified atom stereocenters. The smallest absolute Gasteiger partial charge is 0.402 e. The Morgan fingerprint density at radius 1 is 1.35 bits per heavy atom. The first-order chi connectivity index (χ1) is 7.98. The Hall–Kier alpha value is 0.0149. The van der Waals surface area contributed by atoms with Crippen LogP contribution < -0.4 is 0 Å². The lowest BCUT2D eigenvalue weighted by Crippen LogP contribution is -2.65. The first kappa shape index (κ1) is 12.1. The third kappa shape index (κ3) is 1.55. The third-order valence-corrected chi connectivity index (χ3v) is 5.53. The van der Waals surface area contributed by atoms with Crippen LogP contribution in [0.25, 0.3) is 0 Å². The average Bonchev–Trinajstić information content (AvgIpc) is 2.61. The van der Waals surface area contributed by atoms with Gasteiger partial charge in [0.25, 0.3) is 0 Å². The van der Waals surface area contributed by atoms with Gasteiger partial charge in [0, 0.05) is 5.88 Å². The third-order valence-electron chi connectivity index (χ3n) is 5.35. The van der Waals surface area contributed by atoms with Crippen LogP contribution in [0, 0.1) is 17.3 Å². The molecule has 3 aliphatic carbocycles. The zero-order chi connectivity index (χ0) is 12.3. The Labute approximate surface area is 109 Å². The van der Waals surface area contributed by atoms with Crippen LogP contribution in [0.3, 0.4) is 0 Å². The molecular weight excluding hydrogens is 234 g/mol. The predicted molar refractivity (Wildman–Crippen MR) is 70.0 cm³/mol. The highest BCUT2D eigenvalue weighted by atomic mass is 35.5. The van der Waals surface area contributed by atoms with E-state index in [1.165, 1.54) is 6.42 Å². The standard InChI is InChI=1S/C13H20BClO2/c1-12(2)9-7-10(12)13(3)11(8-9)16-14(17-13)5-4-6-15/h4-5,9-11H,6-8H2,1-3H3/b5-4+/t9-,10-,11-,13+/m0/s1. The fraction of sp³-hybridized carbons (Fsp3) is 0.846. The van der Waals surface area contributed by atoms with E-state index < -0.39 is 0 Å². The Morgan fingerprint density at radius 2 is 2.12 bits per heavy atom. The minimum Gasteiger partial charge on any atom is -0.402 e. The summed E-state index contributed by atoms with van der Waals surface area (Å²) in [6.07, 6.45) is 4.62. The van der Waals surface area contributed by atoms with Gasteiger partial charge in [-0.3, -0.25) is 0 Å². The quantitative estimate of drug-likeness (QED) is 0.557. The summed E-state index contributed by atoms with van der Waals surface area (Å²) >= 11 is 5.65. The van der Waals surface area contributed by atoms with E-state index in [1.54, 1.807) is 0 Å². The minimum absolute atomic E-state index is 0.0976. The first-order valence-corrected chi connectivity index (χ1v) is 7.08. The predicted octanol–water partition coefficient (Wildman–Crippen LogP) is 3.05. The summed E-state index contributed by atoms with van der Waals surface area (Å²) in [5.74, 6) is 3.90. The lowest BCUT2D eigenvalue weighted by atomic mass is 9.43. The molecule has 4 heteroatoms. The topological polar surface area (TPSA) is 18.5 Å². The molecular formula is C13H20BClO2. The molecule has 17 heavy (non-hydrogen) atoms. The molecule has 4 fully saturated rings. The zero-order valence-corrected chi connectivity index (χ0v) is 11.5. The summed E-state index contributed by atoms with van der Waals surface area (Å²) in [6.45, 7) is 6.98. The van der Waals surface area contributed by atoms with Crippen molar-refractivity contribution >= 4 is 18.7 Å². The molecule has 4 atom stereocenters. The fourth-order valence-corrected chi connectivity index (χ4v) is 4.24. The summed E-state index contributed by atoms with van der Waals surface area (Å²) in [7, 11) is -0.195. The van der Waals surface area contributed by atoms with E-state index in [0.29, 0.717) is 17.2 Å². The van der Waals surface area contributed by atoms with Crippen LogP contribution in [0.1, 0.15) is 33.6 Å². The molecule has 1 aliphatic heterocycles. The number of alkyl halides is 1. The Bertz CT molecular complexity index is 357. The number of rotatable bonds is 2. The van der Waals surface area contributed by atoms with Crippen LogP contribution in [-0.4, -0.2) is 24.7 Å². The molecule has 2 nitrogen and oxygen atoms in total. The second-order valence-electron chi connectivity index (χ2n) is 6.42. The van der Waals surface area contributed by atoms with E-state index in [1.807, 2.05) is 12.1 Å². The highest BCUT2D eigenvalue weighted by molar-refractivity contribution is 6.51. The van der Waals surface area contributed by atoms with Gasteiger partial charge in [-0.25, -0.2) is 0 Å². The van der Waals surface area contributed by atoms with Crippen LogP contribution >= 0.6 is 11.6 Å². The maximum Gasteiger partial charge on any atom is 0.486 e. The molecule has 0 spiro atoms. The van der Waals surface area contributed by atoms with Gasteiger partial charge in [0.1, 0.15) is 0 Å². The number of hydrogen-bond acceptors (Lipinski definition) is 2. The van der Waals surface area contributed by atoms with Gasteiger partial charge in [-0.15, -0.1) is 11.6 Å². The van der Waals surface area contributed by atoms with Crippen molar-refractivity contribution in [3.63, 3.8) is 0 Å². The molecule has 1 saturated heterocycles. The van der Waals surface area contributed by atoms with Crippen molar-refractivity contribution < 1.29 is 9.31 Å². The maximum atomic E-state index is 6.17. The van der Waals surface area contributed by atoms with E-state index in [0.717, 1.165) is 12.3 Å². The lowest BCUT2D eigenvalue weighted by Gasteiger charge is -2.64. The van der Waals surface area contributed by atoms with Crippen LogP contribution in [0.5, 0.6) is 0 Å². The molecule has 3 saturated carbocycles. The van der Waals surface area contributed by atoms with Crippen molar-refractivity contribution in [3.8, 4) is 0 Å². The van der Waals surface area contributed by atoms with Crippen molar-refractivity contribution in [1.29, 1.82) is 0 Å². The number of halogens is 1. The van der Waals surface area contributed by atoms with Crippen LogP contribution in [-0.2, 0) is 9.31 Å². The van der Waals surface area contributed by atoms with Gasteiger partial charge in [-0.05, 0) is 37.0 Å². The summed E-state index contributed by atoms with van der Waals surface area (Å²) < 4.78 is 12.2. The van der Waals surface area contributed by atoms with Crippen LogP contribution in [0.2, 0.25) is 0 Å². The monoisotopic (exact) mass is 254 g/mol. The molecule has 1 heterocycles. The Balaban J connectivity index is 1.80. The molecule has 4 rings (SSSR count). The molecule has 2 bridgehead atoms. The summed E-state index contributed by atoms with van der Waals surface area (Å²) in [4.78, 5) is 0. The van der Waals surface area contributed by atoms with Gasteiger partial charge in [0.2, 0.25) is 0 Å². The van der Waals surface area contributed by atoms with Crippen molar-refractivity contribution in [3.05, 3.63) is 12.1 Å². The van der Waals surface area contributed by atoms with Crippen molar-refractivity contribution in [2.45, 2.75) is 45.3 Å². The Morgan fingerprint density at radius 3 is 2.76 bits per heavy atom. The van der Waals surface area contributed by atoms with Crippen LogP contribution in [0.4, 0.5) is 0 Å². The number of allylic oxidation sites excluding steroid dienone is 1. The largest absolute Gasteiger partial charge is 0.486 e. The average molecular weight is 255 g/mol. The van der Waals surface area contributed by atoms with Gasteiger partial charge in [-0.1, -0.05) is 25.9 Å². The van der Waals surface area contributed by atoms with E-state index in [2.05, 4.69) is 20.8 Å². The van der Waals surface area contributed by atoms with E-state index in [9.17, 15) is 0 Å². The van der Waals surface area contributed by atoms with Crippen molar-refractivity contribution in [1.82, 2.24) is 0 Å². The fourth-order valence-electron chi connectivity index (χ4n) is 4.14. The van der Waals surface area contributed by atoms with Gasteiger partial charge < -0.3 is 9.31 Å². The number of hydrogen-bond donors (Lipinski definition) is 0. The second kappa shape index (κ2) is 3.75. The van der Waals surface area contributed by atoms with Crippen LogP contribution in [0.15, 0.2) is 12.1 Å². The van der Waals surface area contributed by atoms with Gasteiger partial charge >= 0.3 is 7.12 Å². The summed E-state index contributed by atoms with van der Waals surface area (Å²) in [6, 6.07) is 0. The highest BCUT2D eigenvalue weighted by Crippen LogP contribution is 2.65. The van der Waals surface area contributed by atoms with Gasteiger partial charge in [0.15, 0.2) is 0 Å². The van der Waals surface area contributed by atoms with Gasteiger partial charge in [0.05, 0.1) is 11.7 Å². The van der Waals surface area contributed by atoms with E-state index in [4.69, 9.17) is 20.9 Å². The molecule has 0 aromatic carbocycles. The SMILES string of the molecule is CC1(C)[C@@H]2C[C@@H]3OB(/C=C/CCl)O[C@]3(C)[C@H]1C2. The molecule has 0 radical (unpaired) electrons.